The van der Waals surface area contributed by atoms with Crippen molar-refractivity contribution in [2.45, 2.75) is 11.8 Å². The van der Waals surface area contributed by atoms with Crippen molar-refractivity contribution in [1.29, 1.82) is 0 Å². The van der Waals surface area contributed by atoms with Crippen LogP contribution in [0.3, 0.4) is 0 Å². The normalized spacial score (nSPS) is 14.6. The lowest BCUT2D eigenvalue weighted by atomic mass is 10.2. The van der Waals surface area contributed by atoms with Crippen molar-refractivity contribution in [3.8, 4) is 5.75 Å². The predicted molar refractivity (Wildman–Crippen MR) is 129 cm³/mol. The monoisotopic (exact) mass is 465 g/mol. The van der Waals surface area contributed by atoms with Crippen LogP contribution in [-0.4, -0.2) is 51.4 Å². The number of nitrogens with zero attached hydrogens (tertiary/aromatic N) is 2. The zero-order valence-corrected chi connectivity index (χ0v) is 19.3. The minimum Gasteiger partial charge on any atom is -0.494 e. The summed E-state index contributed by atoms with van der Waals surface area (Å²) in [7, 11) is -3.70. The summed E-state index contributed by atoms with van der Waals surface area (Å²) in [5.41, 5.74) is 1.98. The van der Waals surface area contributed by atoms with E-state index in [2.05, 4.69) is 10.2 Å². The third kappa shape index (κ3) is 5.35. The fraction of sp³-hybridized carbons (Fsp3) is 0.240. The van der Waals surface area contributed by atoms with Gasteiger partial charge in [-0.25, -0.2) is 8.42 Å². The molecule has 1 amide bonds. The Morgan fingerprint density at radius 1 is 0.909 bits per heavy atom. The van der Waals surface area contributed by atoms with Crippen LogP contribution < -0.4 is 15.0 Å². The van der Waals surface area contributed by atoms with E-state index in [1.807, 2.05) is 37.3 Å². The van der Waals surface area contributed by atoms with E-state index in [0.29, 0.717) is 38.5 Å². The average molecular weight is 466 g/mol. The number of para-hydroxylation sites is 1. The van der Waals surface area contributed by atoms with E-state index in [0.717, 1.165) is 11.4 Å². The number of piperazine rings is 1. The van der Waals surface area contributed by atoms with E-state index in [-0.39, 0.29) is 16.4 Å². The lowest BCUT2D eigenvalue weighted by molar-refractivity contribution is 0.102. The van der Waals surface area contributed by atoms with Gasteiger partial charge < -0.3 is 15.0 Å². The van der Waals surface area contributed by atoms with Crippen LogP contribution in [0.5, 0.6) is 5.75 Å². The molecule has 1 saturated heterocycles. The molecule has 0 aromatic heterocycles. The van der Waals surface area contributed by atoms with Crippen molar-refractivity contribution in [2.75, 3.05) is 43.0 Å². The zero-order valence-electron chi connectivity index (χ0n) is 18.5. The van der Waals surface area contributed by atoms with Gasteiger partial charge in [-0.2, -0.15) is 4.31 Å². The number of rotatable bonds is 7. The number of carbonyl (C=O) groups is 1. The first kappa shape index (κ1) is 22.8. The Balaban J connectivity index is 1.43. The lowest BCUT2D eigenvalue weighted by Crippen LogP contribution is -2.48. The average Bonchev–Trinajstić information content (AvgIpc) is 2.86. The van der Waals surface area contributed by atoms with Crippen molar-refractivity contribution in [1.82, 2.24) is 4.31 Å². The smallest absolute Gasteiger partial charge is 0.255 e. The number of benzene rings is 3. The molecule has 8 heteroatoms. The largest absolute Gasteiger partial charge is 0.494 e. The maximum atomic E-state index is 13.2. The van der Waals surface area contributed by atoms with Crippen molar-refractivity contribution in [3.05, 3.63) is 84.4 Å². The van der Waals surface area contributed by atoms with Crippen LogP contribution >= 0.6 is 0 Å². The predicted octanol–water partition coefficient (Wildman–Crippen LogP) is 3.85. The standard InChI is InChI=1S/C25H27N3O4S/c1-2-32-23-13-11-21(12-14-23)26-25(29)20-7-6-10-24(19-20)33(30,31)28-17-15-27(16-18-28)22-8-4-3-5-9-22/h3-14,19H,2,15-18H2,1H3,(H,26,29). The molecule has 0 atom stereocenters. The SMILES string of the molecule is CCOc1ccc(NC(=O)c2cccc(S(=O)(=O)N3CCN(c4ccccc4)CC3)c2)cc1. The van der Waals surface area contributed by atoms with Gasteiger partial charge in [-0.15, -0.1) is 0 Å². The highest BCUT2D eigenvalue weighted by atomic mass is 32.2. The molecule has 1 heterocycles. The first-order valence-electron chi connectivity index (χ1n) is 10.9. The van der Waals surface area contributed by atoms with E-state index in [1.165, 1.54) is 16.4 Å². The molecule has 3 aromatic rings. The van der Waals surface area contributed by atoms with Gasteiger partial charge in [-0.1, -0.05) is 24.3 Å². The Bertz CT molecular complexity index is 1190. The van der Waals surface area contributed by atoms with Gasteiger partial charge >= 0.3 is 0 Å². The summed E-state index contributed by atoms with van der Waals surface area (Å²) in [6.07, 6.45) is 0. The van der Waals surface area contributed by atoms with Gasteiger partial charge in [-0.3, -0.25) is 4.79 Å². The molecule has 0 aliphatic carbocycles. The van der Waals surface area contributed by atoms with Crippen LogP contribution in [-0.2, 0) is 10.0 Å². The highest BCUT2D eigenvalue weighted by molar-refractivity contribution is 7.89. The summed E-state index contributed by atoms with van der Waals surface area (Å²) in [6, 6.07) is 23.2. The molecule has 1 N–H and O–H groups in total. The van der Waals surface area contributed by atoms with Crippen LogP contribution in [0.2, 0.25) is 0 Å². The first-order chi connectivity index (χ1) is 16.0. The molecule has 3 aromatic carbocycles. The maximum Gasteiger partial charge on any atom is 0.255 e. The zero-order chi connectivity index (χ0) is 23.3. The molecule has 4 rings (SSSR count). The number of amides is 1. The van der Waals surface area contributed by atoms with Gasteiger partial charge in [0.1, 0.15) is 5.75 Å². The summed E-state index contributed by atoms with van der Waals surface area (Å²) in [6.45, 7) is 4.47. The fourth-order valence-electron chi connectivity index (χ4n) is 3.78. The molecule has 33 heavy (non-hydrogen) atoms. The van der Waals surface area contributed by atoms with Gasteiger partial charge in [0.15, 0.2) is 0 Å². The summed E-state index contributed by atoms with van der Waals surface area (Å²) in [4.78, 5) is 15.0. The quantitative estimate of drug-likeness (QED) is 0.574. The van der Waals surface area contributed by atoms with Crippen LogP contribution in [0.1, 0.15) is 17.3 Å². The molecule has 1 fully saturated rings. The van der Waals surface area contributed by atoms with E-state index >= 15 is 0 Å². The number of anilines is 2. The summed E-state index contributed by atoms with van der Waals surface area (Å²) < 4.78 is 33.3. The number of carbonyl (C=O) groups excluding carboxylic acids is 1. The van der Waals surface area contributed by atoms with Gasteiger partial charge in [-0.05, 0) is 61.5 Å². The number of ether oxygens (including phenoxy) is 1. The molecule has 0 spiro atoms. The van der Waals surface area contributed by atoms with E-state index in [4.69, 9.17) is 4.74 Å². The Morgan fingerprint density at radius 3 is 2.27 bits per heavy atom. The van der Waals surface area contributed by atoms with Crippen molar-refractivity contribution in [2.24, 2.45) is 0 Å². The molecule has 0 unspecified atom stereocenters. The Labute approximate surface area is 194 Å². The summed E-state index contributed by atoms with van der Waals surface area (Å²) in [5.74, 6) is 0.348. The number of nitrogens with one attached hydrogen (secondary N) is 1. The summed E-state index contributed by atoms with van der Waals surface area (Å²) in [5, 5.41) is 2.80. The molecule has 172 valence electrons. The second-order valence-electron chi connectivity index (χ2n) is 7.67. The van der Waals surface area contributed by atoms with Gasteiger partial charge in [0.25, 0.3) is 5.91 Å². The molecule has 1 aliphatic rings. The Morgan fingerprint density at radius 2 is 1.61 bits per heavy atom. The van der Waals surface area contributed by atoms with E-state index < -0.39 is 10.0 Å². The number of sulfonamides is 1. The molecular formula is C25H27N3O4S. The van der Waals surface area contributed by atoms with Crippen LogP contribution in [0.4, 0.5) is 11.4 Å². The van der Waals surface area contributed by atoms with Gasteiger partial charge in [0.05, 0.1) is 11.5 Å². The Hall–Kier alpha value is -3.36. The molecule has 0 radical (unpaired) electrons. The number of hydrogen-bond acceptors (Lipinski definition) is 5. The minimum absolute atomic E-state index is 0.120. The van der Waals surface area contributed by atoms with E-state index in [9.17, 15) is 13.2 Å². The molecule has 7 nitrogen and oxygen atoms in total. The van der Waals surface area contributed by atoms with Crippen molar-refractivity contribution >= 4 is 27.3 Å². The topological polar surface area (TPSA) is 78.9 Å². The lowest BCUT2D eigenvalue weighted by Gasteiger charge is -2.35. The highest BCUT2D eigenvalue weighted by Gasteiger charge is 2.29. The second-order valence-corrected chi connectivity index (χ2v) is 9.60. The fourth-order valence-corrected chi connectivity index (χ4v) is 5.25. The third-order valence-corrected chi connectivity index (χ3v) is 7.41. The Kier molecular flexibility index (Phi) is 6.96. The van der Waals surface area contributed by atoms with Crippen LogP contribution in [0.15, 0.2) is 83.8 Å². The minimum atomic E-state index is -3.70. The molecule has 0 saturated carbocycles. The molecule has 0 bridgehead atoms. The van der Waals surface area contributed by atoms with Gasteiger partial charge in [0, 0.05) is 43.1 Å². The van der Waals surface area contributed by atoms with E-state index in [1.54, 1.807) is 36.4 Å². The van der Waals surface area contributed by atoms with Crippen LogP contribution in [0.25, 0.3) is 0 Å². The second kappa shape index (κ2) is 10.1. The molecule has 1 aliphatic heterocycles. The van der Waals surface area contributed by atoms with Crippen LogP contribution in [0, 0.1) is 0 Å². The van der Waals surface area contributed by atoms with Crippen molar-refractivity contribution < 1.29 is 17.9 Å². The van der Waals surface area contributed by atoms with Gasteiger partial charge in [0.2, 0.25) is 10.0 Å². The maximum absolute atomic E-state index is 13.2. The molecular weight excluding hydrogens is 438 g/mol. The number of hydrogen-bond donors (Lipinski definition) is 1. The third-order valence-electron chi connectivity index (χ3n) is 5.52. The summed E-state index contributed by atoms with van der Waals surface area (Å²) >= 11 is 0. The van der Waals surface area contributed by atoms with Crippen molar-refractivity contribution in [3.63, 3.8) is 0 Å². The first-order valence-corrected chi connectivity index (χ1v) is 12.4. The highest BCUT2D eigenvalue weighted by Crippen LogP contribution is 2.22.